The number of halogens is 2. The highest BCUT2D eigenvalue weighted by molar-refractivity contribution is 6.33. The smallest absolute Gasteiger partial charge is 0.124 e. The van der Waals surface area contributed by atoms with Crippen molar-refractivity contribution in [2.24, 2.45) is 0 Å². The van der Waals surface area contributed by atoms with Crippen LogP contribution in [0.2, 0.25) is 5.02 Å². The molecule has 0 fully saturated rings. The molecule has 3 heteroatoms. The standard InChI is InChI=1S/C11H11ClFN/c1-3-9(4-2)14-11-6-5-8(13)7-10(11)12/h1,5-7,9,14H,4H2,2H3. The van der Waals surface area contributed by atoms with E-state index in [0.717, 1.165) is 6.42 Å². The molecule has 0 bridgehead atoms. The van der Waals surface area contributed by atoms with Crippen molar-refractivity contribution < 1.29 is 4.39 Å². The van der Waals surface area contributed by atoms with Crippen LogP contribution in [0.15, 0.2) is 18.2 Å². The molecule has 0 saturated carbocycles. The maximum atomic E-state index is 12.7. The van der Waals surface area contributed by atoms with Gasteiger partial charge in [0.15, 0.2) is 0 Å². The number of anilines is 1. The number of hydrogen-bond acceptors (Lipinski definition) is 1. The van der Waals surface area contributed by atoms with Gasteiger partial charge in [-0.2, -0.15) is 0 Å². The van der Waals surface area contributed by atoms with Gasteiger partial charge in [-0.3, -0.25) is 0 Å². The van der Waals surface area contributed by atoms with E-state index in [1.54, 1.807) is 6.07 Å². The van der Waals surface area contributed by atoms with Gasteiger partial charge in [0.25, 0.3) is 0 Å². The van der Waals surface area contributed by atoms with Crippen molar-refractivity contribution in [3.8, 4) is 12.3 Å². The summed E-state index contributed by atoms with van der Waals surface area (Å²) >= 11 is 5.82. The number of hydrogen-bond donors (Lipinski definition) is 1. The van der Waals surface area contributed by atoms with Crippen molar-refractivity contribution in [1.82, 2.24) is 0 Å². The van der Waals surface area contributed by atoms with Crippen LogP contribution >= 0.6 is 11.6 Å². The summed E-state index contributed by atoms with van der Waals surface area (Å²) in [6, 6.07) is 4.11. The highest BCUT2D eigenvalue weighted by Crippen LogP contribution is 2.23. The molecule has 1 N–H and O–H groups in total. The molecule has 74 valence electrons. The summed E-state index contributed by atoms with van der Waals surface area (Å²) < 4.78 is 12.7. The average Bonchev–Trinajstić information content (AvgIpc) is 2.17. The molecule has 0 saturated heterocycles. The molecule has 1 rings (SSSR count). The van der Waals surface area contributed by atoms with Gasteiger partial charge in [-0.1, -0.05) is 24.4 Å². The fourth-order valence-corrected chi connectivity index (χ4v) is 1.28. The van der Waals surface area contributed by atoms with Crippen molar-refractivity contribution >= 4 is 17.3 Å². The summed E-state index contributed by atoms with van der Waals surface area (Å²) in [5.41, 5.74) is 0.665. The van der Waals surface area contributed by atoms with Gasteiger partial charge in [0.1, 0.15) is 5.82 Å². The molecule has 1 aromatic rings. The lowest BCUT2D eigenvalue weighted by molar-refractivity contribution is 0.628. The Morgan fingerprint density at radius 3 is 2.86 bits per heavy atom. The first-order chi connectivity index (χ1) is 6.67. The van der Waals surface area contributed by atoms with E-state index in [1.807, 2.05) is 6.92 Å². The lowest BCUT2D eigenvalue weighted by Gasteiger charge is -2.13. The normalized spacial score (nSPS) is 11.9. The third-order valence-electron chi connectivity index (χ3n) is 1.87. The van der Waals surface area contributed by atoms with Crippen molar-refractivity contribution in [3.05, 3.63) is 29.0 Å². The van der Waals surface area contributed by atoms with E-state index in [4.69, 9.17) is 18.0 Å². The fraction of sp³-hybridized carbons (Fsp3) is 0.273. The summed E-state index contributed by atoms with van der Waals surface area (Å²) in [5, 5.41) is 3.39. The zero-order chi connectivity index (χ0) is 10.6. The second-order valence-electron chi connectivity index (χ2n) is 2.90. The maximum absolute atomic E-state index is 12.7. The minimum Gasteiger partial charge on any atom is -0.370 e. The van der Waals surface area contributed by atoms with Gasteiger partial charge in [-0.15, -0.1) is 6.42 Å². The van der Waals surface area contributed by atoms with Crippen molar-refractivity contribution in [2.45, 2.75) is 19.4 Å². The molecule has 0 aliphatic carbocycles. The Hall–Kier alpha value is -1.20. The number of benzene rings is 1. The van der Waals surface area contributed by atoms with Gasteiger partial charge < -0.3 is 5.32 Å². The summed E-state index contributed by atoms with van der Waals surface area (Å²) in [5.74, 6) is 2.23. The molecule has 0 spiro atoms. The fourth-order valence-electron chi connectivity index (χ4n) is 1.06. The van der Waals surface area contributed by atoms with Gasteiger partial charge in [0.2, 0.25) is 0 Å². The largest absolute Gasteiger partial charge is 0.370 e. The van der Waals surface area contributed by atoms with Crippen LogP contribution < -0.4 is 5.32 Å². The highest BCUT2D eigenvalue weighted by Gasteiger charge is 2.05. The number of rotatable bonds is 3. The Labute approximate surface area is 88.3 Å². The molecular weight excluding hydrogens is 201 g/mol. The van der Waals surface area contributed by atoms with E-state index in [2.05, 4.69) is 11.2 Å². The minimum absolute atomic E-state index is 0.0713. The monoisotopic (exact) mass is 211 g/mol. The van der Waals surface area contributed by atoms with Gasteiger partial charge >= 0.3 is 0 Å². The zero-order valence-corrected chi connectivity index (χ0v) is 8.61. The summed E-state index contributed by atoms with van der Waals surface area (Å²) in [7, 11) is 0. The minimum atomic E-state index is -0.352. The first-order valence-corrected chi connectivity index (χ1v) is 4.73. The second kappa shape index (κ2) is 4.88. The van der Waals surface area contributed by atoms with Crippen molar-refractivity contribution in [3.63, 3.8) is 0 Å². The predicted molar refractivity (Wildman–Crippen MR) is 57.9 cm³/mol. The third kappa shape index (κ3) is 2.65. The molecule has 0 aliphatic heterocycles. The Morgan fingerprint density at radius 2 is 2.36 bits per heavy atom. The quantitative estimate of drug-likeness (QED) is 0.757. The van der Waals surface area contributed by atoms with Crippen LogP contribution in [0.5, 0.6) is 0 Å². The molecule has 0 aromatic heterocycles. The van der Waals surface area contributed by atoms with Gasteiger partial charge in [0.05, 0.1) is 16.8 Å². The summed E-state index contributed by atoms with van der Waals surface area (Å²) in [6.45, 7) is 1.97. The Bertz CT molecular complexity index is 357. The van der Waals surface area contributed by atoms with Crippen LogP contribution in [0, 0.1) is 18.2 Å². The maximum Gasteiger partial charge on any atom is 0.124 e. The van der Waals surface area contributed by atoms with E-state index in [9.17, 15) is 4.39 Å². The second-order valence-corrected chi connectivity index (χ2v) is 3.30. The van der Waals surface area contributed by atoms with Crippen LogP contribution in [0.3, 0.4) is 0 Å². The molecule has 1 nitrogen and oxygen atoms in total. The zero-order valence-electron chi connectivity index (χ0n) is 7.85. The van der Waals surface area contributed by atoms with Crippen molar-refractivity contribution in [2.75, 3.05) is 5.32 Å². The van der Waals surface area contributed by atoms with Crippen molar-refractivity contribution in [1.29, 1.82) is 0 Å². The molecule has 14 heavy (non-hydrogen) atoms. The van der Waals surface area contributed by atoms with Crippen LogP contribution in [0.25, 0.3) is 0 Å². The summed E-state index contributed by atoms with van der Waals surface area (Å²) in [6.07, 6.45) is 6.08. The predicted octanol–water partition coefficient (Wildman–Crippen LogP) is 3.30. The molecule has 1 unspecified atom stereocenters. The molecule has 1 aromatic carbocycles. The van der Waals surface area contributed by atoms with E-state index in [1.165, 1.54) is 12.1 Å². The Kier molecular flexibility index (Phi) is 3.79. The number of nitrogens with one attached hydrogen (secondary N) is 1. The van der Waals surface area contributed by atoms with Crippen LogP contribution in [0.4, 0.5) is 10.1 Å². The van der Waals surface area contributed by atoms with Crippen LogP contribution in [0.1, 0.15) is 13.3 Å². The molecule has 0 heterocycles. The van der Waals surface area contributed by atoms with Crippen LogP contribution in [-0.4, -0.2) is 6.04 Å². The molecule has 0 amide bonds. The first-order valence-electron chi connectivity index (χ1n) is 4.35. The summed E-state index contributed by atoms with van der Waals surface area (Å²) in [4.78, 5) is 0. The molecular formula is C11H11ClFN. The number of terminal acetylenes is 1. The Balaban J connectivity index is 2.82. The lowest BCUT2D eigenvalue weighted by Crippen LogP contribution is -2.15. The van der Waals surface area contributed by atoms with E-state index in [0.29, 0.717) is 10.7 Å². The van der Waals surface area contributed by atoms with Crippen LogP contribution in [-0.2, 0) is 0 Å². The SMILES string of the molecule is C#CC(CC)Nc1ccc(F)cc1Cl. The first kappa shape index (κ1) is 10.9. The highest BCUT2D eigenvalue weighted by atomic mass is 35.5. The van der Waals surface area contributed by atoms with E-state index in [-0.39, 0.29) is 11.9 Å². The molecule has 0 aliphatic rings. The van der Waals surface area contributed by atoms with Gasteiger partial charge in [-0.25, -0.2) is 4.39 Å². The lowest BCUT2D eigenvalue weighted by atomic mass is 10.2. The van der Waals surface area contributed by atoms with E-state index < -0.39 is 0 Å². The topological polar surface area (TPSA) is 12.0 Å². The molecule has 1 atom stereocenters. The average molecular weight is 212 g/mol. The Morgan fingerprint density at radius 1 is 1.64 bits per heavy atom. The third-order valence-corrected chi connectivity index (χ3v) is 2.18. The molecule has 0 radical (unpaired) electrons. The van der Waals surface area contributed by atoms with Gasteiger partial charge in [0, 0.05) is 0 Å². The van der Waals surface area contributed by atoms with E-state index >= 15 is 0 Å². The van der Waals surface area contributed by atoms with Gasteiger partial charge in [-0.05, 0) is 24.6 Å².